The summed E-state index contributed by atoms with van der Waals surface area (Å²) < 4.78 is 2.34. The Labute approximate surface area is 199 Å². The molecule has 1 unspecified atom stereocenters. The minimum absolute atomic E-state index is 0.110. The number of hydrogen-bond acceptors (Lipinski definition) is 5. The molecule has 4 N–H and O–H groups in total. The van der Waals surface area contributed by atoms with Crippen LogP contribution in [0.3, 0.4) is 0 Å². The Morgan fingerprint density at radius 1 is 1.27 bits per heavy atom. The van der Waals surface area contributed by atoms with Gasteiger partial charge in [-0.1, -0.05) is 38.9 Å². The summed E-state index contributed by atoms with van der Waals surface area (Å²) >= 11 is 1.73. The number of thiophene rings is 1. The Morgan fingerprint density at radius 2 is 2.03 bits per heavy atom. The summed E-state index contributed by atoms with van der Waals surface area (Å²) in [5.74, 6) is 1.33. The molecule has 0 saturated carbocycles. The third-order valence-corrected chi connectivity index (χ3v) is 6.80. The first kappa shape index (κ1) is 24.8. The largest absolute Gasteiger partial charge is 0.409 e. The van der Waals surface area contributed by atoms with E-state index < -0.39 is 0 Å². The lowest BCUT2D eigenvalue weighted by Crippen LogP contribution is -2.38. The van der Waals surface area contributed by atoms with Gasteiger partial charge < -0.3 is 20.8 Å². The smallest absolute Gasteiger partial charge is 0.251 e. The van der Waals surface area contributed by atoms with E-state index in [0.29, 0.717) is 23.9 Å². The summed E-state index contributed by atoms with van der Waals surface area (Å²) in [7, 11) is 0. The number of benzene rings is 1. The summed E-state index contributed by atoms with van der Waals surface area (Å²) in [5, 5.41) is 17.1. The predicted molar refractivity (Wildman–Crippen MR) is 135 cm³/mol. The Hall–Kier alpha value is -2.87. The van der Waals surface area contributed by atoms with Crippen molar-refractivity contribution in [1.29, 1.82) is 0 Å². The molecule has 178 valence electrons. The highest BCUT2D eigenvalue weighted by Crippen LogP contribution is 2.28. The second-order valence-corrected chi connectivity index (χ2v) is 9.96. The van der Waals surface area contributed by atoms with Gasteiger partial charge >= 0.3 is 0 Å². The molecule has 2 aromatic heterocycles. The van der Waals surface area contributed by atoms with E-state index in [1.165, 1.54) is 4.88 Å². The number of oxime groups is 1. The molecule has 0 saturated heterocycles. The molecule has 3 rings (SSSR count). The van der Waals surface area contributed by atoms with Gasteiger partial charge in [-0.3, -0.25) is 4.79 Å². The molecule has 33 heavy (non-hydrogen) atoms. The number of amides is 1. The molecule has 0 aliphatic carbocycles. The van der Waals surface area contributed by atoms with Gasteiger partial charge in [0.15, 0.2) is 0 Å². The van der Waals surface area contributed by atoms with Crippen LogP contribution in [0.1, 0.15) is 80.5 Å². The molecule has 1 aromatic carbocycles. The third-order valence-electron chi connectivity index (χ3n) is 5.92. The van der Waals surface area contributed by atoms with E-state index in [4.69, 9.17) is 15.9 Å². The molecule has 8 heteroatoms. The van der Waals surface area contributed by atoms with Crippen molar-refractivity contribution in [3.63, 3.8) is 0 Å². The van der Waals surface area contributed by atoms with Crippen molar-refractivity contribution >= 4 is 34.1 Å². The van der Waals surface area contributed by atoms with Crippen LogP contribution >= 0.6 is 11.3 Å². The van der Waals surface area contributed by atoms with E-state index in [9.17, 15) is 4.79 Å². The zero-order chi connectivity index (χ0) is 24.0. The average Bonchev–Trinajstić information content (AvgIpc) is 3.42. The van der Waals surface area contributed by atoms with Gasteiger partial charge in [0.25, 0.3) is 5.91 Å². The first-order chi connectivity index (χ1) is 15.9. The van der Waals surface area contributed by atoms with E-state index >= 15 is 0 Å². The Kier molecular flexibility index (Phi) is 8.49. The minimum atomic E-state index is -0.208. The standard InChI is InChI=1S/C25H35N5O2S/c1-5-19(6-2)30-22-10-9-17(13-21(22)28-24(30)15-20-8-7-11-33-20)25(31)27-18(12-16(3)4)14-23(26)29-32/h7-11,13,16,18-19,32H,5-6,12,14-15H2,1-4H3,(H2,26,29)(H,27,31). The number of imidazole rings is 1. The average molecular weight is 470 g/mol. The number of carbonyl (C=O) groups excluding carboxylic acids is 1. The zero-order valence-electron chi connectivity index (χ0n) is 19.9. The number of nitrogens with one attached hydrogen (secondary N) is 1. The van der Waals surface area contributed by atoms with E-state index in [1.54, 1.807) is 11.3 Å². The summed E-state index contributed by atoms with van der Waals surface area (Å²) in [6.45, 7) is 8.56. The SMILES string of the molecule is CCC(CC)n1c(Cc2cccs2)nc2cc(C(=O)NC(CC(N)=NO)CC(C)C)ccc21. The topological polar surface area (TPSA) is 106 Å². The second-order valence-electron chi connectivity index (χ2n) is 8.92. The number of fused-ring (bicyclic) bond motifs is 1. The molecule has 1 atom stereocenters. The van der Waals surface area contributed by atoms with Crippen molar-refractivity contribution in [2.45, 2.75) is 71.9 Å². The van der Waals surface area contributed by atoms with Crippen LogP contribution in [0.15, 0.2) is 40.9 Å². The quantitative estimate of drug-likeness (QED) is 0.153. The number of amidine groups is 1. The maximum atomic E-state index is 13.1. The Morgan fingerprint density at radius 3 is 2.64 bits per heavy atom. The molecule has 0 aliphatic rings. The molecule has 2 heterocycles. The number of nitrogens with zero attached hydrogens (tertiary/aromatic N) is 3. The Bertz CT molecular complexity index is 1080. The fourth-order valence-corrected chi connectivity index (χ4v) is 5.07. The van der Waals surface area contributed by atoms with E-state index in [2.05, 4.69) is 60.2 Å². The number of rotatable bonds is 11. The normalized spacial score (nSPS) is 13.2. The highest BCUT2D eigenvalue weighted by atomic mass is 32.1. The van der Waals surface area contributed by atoms with Gasteiger partial charge in [-0.25, -0.2) is 4.98 Å². The number of aromatic nitrogens is 2. The van der Waals surface area contributed by atoms with Gasteiger partial charge in [0, 0.05) is 35.4 Å². The molecule has 3 aromatic rings. The van der Waals surface area contributed by atoms with Crippen LogP contribution in [-0.2, 0) is 6.42 Å². The fourth-order valence-electron chi connectivity index (χ4n) is 4.37. The highest BCUT2D eigenvalue weighted by molar-refractivity contribution is 7.09. The Balaban J connectivity index is 1.92. The molecule has 0 bridgehead atoms. The lowest BCUT2D eigenvalue weighted by molar-refractivity contribution is 0.0933. The van der Waals surface area contributed by atoms with Gasteiger partial charge in [0.05, 0.1) is 11.0 Å². The van der Waals surface area contributed by atoms with Crippen LogP contribution in [-0.4, -0.2) is 32.5 Å². The van der Waals surface area contributed by atoms with Crippen LogP contribution in [0.4, 0.5) is 0 Å². The second kappa shape index (κ2) is 11.3. The van der Waals surface area contributed by atoms with Gasteiger partial charge in [-0.2, -0.15) is 0 Å². The zero-order valence-corrected chi connectivity index (χ0v) is 20.7. The van der Waals surface area contributed by atoms with Gasteiger partial charge in [0.1, 0.15) is 11.7 Å². The first-order valence-corrected chi connectivity index (χ1v) is 12.5. The molecule has 0 fully saturated rings. The minimum Gasteiger partial charge on any atom is -0.409 e. The lowest BCUT2D eigenvalue weighted by Gasteiger charge is -2.20. The first-order valence-electron chi connectivity index (χ1n) is 11.7. The van der Waals surface area contributed by atoms with Crippen molar-refractivity contribution < 1.29 is 10.0 Å². The van der Waals surface area contributed by atoms with Crippen molar-refractivity contribution in [2.24, 2.45) is 16.8 Å². The maximum absolute atomic E-state index is 13.1. The molecular formula is C25H35N5O2S. The molecule has 0 radical (unpaired) electrons. The van der Waals surface area contributed by atoms with E-state index in [0.717, 1.165) is 42.5 Å². The van der Waals surface area contributed by atoms with E-state index in [1.807, 2.05) is 18.2 Å². The highest BCUT2D eigenvalue weighted by Gasteiger charge is 2.21. The van der Waals surface area contributed by atoms with Crippen molar-refractivity contribution in [1.82, 2.24) is 14.9 Å². The van der Waals surface area contributed by atoms with Crippen LogP contribution in [0, 0.1) is 5.92 Å². The van der Waals surface area contributed by atoms with Crippen LogP contribution < -0.4 is 11.1 Å². The number of nitrogens with two attached hydrogens (primary N) is 1. The summed E-state index contributed by atoms with van der Waals surface area (Å²) in [5.41, 5.74) is 8.16. The molecule has 7 nitrogen and oxygen atoms in total. The summed E-state index contributed by atoms with van der Waals surface area (Å²) in [6, 6.07) is 10.1. The monoisotopic (exact) mass is 469 g/mol. The van der Waals surface area contributed by atoms with Gasteiger partial charge in [-0.05, 0) is 54.8 Å². The van der Waals surface area contributed by atoms with Gasteiger partial charge in [0.2, 0.25) is 0 Å². The third kappa shape index (κ3) is 6.13. The van der Waals surface area contributed by atoms with Crippen LogP contribution in [0.5, 0.6) is 0 Å². The van der Waals surface area contributed by atoms with Crippen LogP contribution in [0.25, 0.3) is 11.0 Å². The lowest BCUT2D eigenvalue weighted by atomic mass is 10.00. The molecule has 1 amide bonds. The molecule has 0 aliphatic heterocycles. The van der Waals surface area contributed by atoms with E-state index in [-0.39, 0.29) is 17.8 Å². The summed E-state index contributed by atoms with van der Waals surface area (Å²) in [4.78, 5) is 19.3. The van der Waals surface area contributed by atoms with Crippen LogP contribution in [0.2, 0.25) is 0 Å². The van der Waals surface area contributed by atoms with Crippen molar-refractivity contribution in [3.05, 3.63) is 52.0 Å². The fraction of sp³-hybridized carbons (Fsp3) is 0.480. The maximum Gasteiger partial charge on any atom is 0.251 e. The van der Waals surface area contributed by atoms with Crippen molar-refractivity contribution in [3.8, 4) is 0 Å². The summed E-state index contributed by atoms with van der Waals surface area (Å²) in [6.07, 6.45) is 3.86. The van der Waals surface area contributed by atoms with Gasteiger partial charge in [-0.15, -0.1) is 11.3 Å². The van der Waals surface area contributed by atoms with Crippen molar-refractivity contribution in [2.75, 3.05) is 0 Å². The molecular weight excluding hydrogens is 434 g/mol. The molecule has 0 spiro atoms. The predicted octanol–water partition coefficient (Wildman–Crippen LogP) is 5.33. The number of hydrogen-bond donors (Lipinski definition) is 3. The number of carbonyl (C=O) groups is 1.